The molecule has 0 spiro atoms. The summed E-state index contributed by atoms with van der Waals surface area (Å²) in [6, 6.07) is 15.6. The highest BCUT2D eigenvalue weighted by Gasteiger charge is 2.17. The molecule has 0 saturated heterocycles. The maximum absolute atomic E-state index is 4.60. The summed E-state index contributed by atoms with van der Waals surface area (Å²) < 4.78 is 0. The molecule has 0 amide bonds. The fraction of sp³-hybridized carbons (Fsp3) is 0.308. The van der Waals surface area contributed by atoms with E-state index in [1.807, 2.05) is 0 Å². The van der Waals surface area contributed by atoms with Gasteiger partial charge in [0.2, 0.25) is 0 Å². The van der Waals surface area contributed by atoms with Gasteiger partial charge in [0.05, 0.1) is 5.39 Å². The van der Waals surface area contributed by atoms with Gasteiger partial charge in [-0.15, -0.1) is 11.3 Å². The Hall–Kier alpha value is -2.72. The third kappa shape index (κ3) is 3.61. The van der Waals surface area contributed by atoms with Gasteiger partial charge in [-0.25, -0.2) is 9.97 Å². The first-order valence-electron chi connectivity index (χ1n) is 10.7. The first-order valence-corrected chi connectivity index (χ1v) is 11.6. The third-order valence-corrected chi connectivity index (χ3v) is 6.93. The molecule has 0 unspecified atom stereocenters. The zero-order valence-corrected chi connectivity index (χ0v) is 18.6. The molecule has 2 aromatic heterocycles. The predicted octanol–water partition coefficient (Wildman–Crippen LogP) is 7.28. The summed E-state index contributed by atoms with van der Waals surface area (Å²) >= 11 is 1.69. The van der Waals surface area contributed by atoms with Gasteiger partial charge >= 0.3 is 0 Å². The van der Waals surface area contributed by atoms with Gasteiger partial charge in [-0.1, -0.05) is 51.1 Å². The number of rotatable bonds is 3. The van der Waals surface area contributed by atoms with Crippen LogP contribution in [0.15, 0.2) is 54.2 Å². The largest absolute Gasteiger partial charge is 0.340 e. The van der Waals surface area contributed by atoms with Crippen molar-refractivity contribution in [1.29, 1.82) is 0 Å². The molecule has 4 aromatic rings. The summed E-state index contributed by atoms with van der Waals surface area (Å²) in [6.45, 7) is 6.71. The van der Waals surface area contributed by atoms with Crippen molar-refractivity contribution in [1.82, 2.24) is 9.97 Å². The van der Waals surface area contributed by atoms with Crippen molar-refractivity contribution in [2.75, 3.05) is 5.32 Å². The van der Waals surface area contributed by atoms with Gasteiger partial charge in [-0.05, 0) is 65.5 Å². The molecular formula is C26H27N3S. The molecule has 152 valence electrons. The lowest BCUT2D eigenvalue weighted by Gasteiger charge is -2.19. The van der Waals surface area contributed by atoms with E-state index in [0.29, 0.717) is 0 Å². The average Bonchev–Trinajstić information content (AvgIpc) is 3.18. The molecule has 0 fully saturated rings. The second-order valence-corrected chi connectivity index (χ2v) is 10.1. The number of aryl methyl sites for hydroxylation is 2. The minimum absolute atomic E-state index is 0.147. The van der Waals surface area contributed by atoms with Crippen LogP contribution in [-0.2, 0) is 18.3 Å². The van der Waals surface area contributed by atoms with Crippen LogP contribution < -0.4 is 5.32 Å². The van der Waals surface area contributed by atoms with Crippen molar-refractivity contribution < 1.29 is 0 Å². The van der Waals surface area contributed by atoms with Gasteiger partial charge in [0.1, 0.15) is 17.0 Å². The van der Waals surface area contributed by atoms with Crippen molar-refractivity contribution in [3.8, 4) is 11.1 Å². The monoisotopic (exact) mass is 413 g/mol. The third-order valence-electron chi connectivity index (χ3n) is 6.04. The summed E-state index contributed by atoms with van der Waals surface area (Å²) in [5, 5.41) is 6.87. The summed E-state index contributed by atoms with van der Waals surface area (Å²) in [6.07, 6.45) is 6.65. The first kappa shape index (κ1) is 19.3. The van der Waals surface area contributed by atoms with E-state index in [1.54, 1.807) is 17.7 Å². The molecule has 0 saturated carbocycles. The van der Waals surface area contributed by atoms with Crippen LogP contribution in [0.25, 0.3) is 21.3 Å². The van der Waals surface area contributed by atoms with Gasteiger partial charge in [-0.2, -0.15) is 0 Å². The number of fused-ring (bicyclic) bond motifs is 2. The Kier molecular flexibility index (Phi) is 4.82. The molecule has 2 heterocycles. The smallest absolute Gasteiger partial charge is 0.143 e. The Morgan fingerprint density at radius 3 is 2.43 bits per heavy atom. The minimum atomic E-state index is 0.147. The molecule has 1 N–H and O–H groups in total. The van der Waals surface area contributed by atoms with Crippen LogP contribution in [0.1, 0.15) is 50.3 Å². The van der Waals surface area contributed by atoms with E-state index < -0.39 is 0 Å². The lowest BCUT2D eigenvalue weighted by Crippen LogP contribution is -2.10. The molecular weight excluding hydrogens is 386 g/mol. The number of aromatic nitrogens is 2. The molecule has 0 radical (unpaired) electrons. The molecule has 4 heteroatoms. The van der Waals surface area contributed by atoms with Gasteiger partial charge in [0.25, 0.3) is 0 Å². The lowest BCUT2D eigenvalue weighted by molar-refractivity contribution is 0.590. The molecule has 1 aliphatic carbocycles. The molecule has 5 rings (SSSR count). The van der Waals surface area contributed by atoms with E-state index in [2.05, 4.69) is 83.9 Å². The fourth-order valence-electron chi connectivity index (χ4n) is 4.27. The van der Waals surface area contributed by atoms with Crippen molar-refractivity contribution in [3.05, 3.63) is 70.9 Å². The summed E-state index contributed by atoms with van der Waals surface area (Å²) in [7, 11) is 0. The second-order valence-electron chi connectivity index (χ2n) is 9.19. The predicted molar refractivity (Wildman–Crippen MR) is 128 cm³/mol. The Morgan fingerprint density at radius 2 is 1.67 bits per heavy atom. The van der Waals surface area contributed by atoms with Crippen LogP contribution in [0.2, 0.25) is 0 Å². The number of anilines is 2. The van der Waals surface area contributed by atoms with Crippen LogP contribution in [0.4, 0.5) is 11.5 Å². The normalized spacial score (nSPS) is 14.0. The number of hydrogen-bond acceptors (Lipinski definition) is 4. The number of benzene rings is 2. The number of hydrogen-bond donors (Lipinski definition) is 1. The van der Waals surface area contributed by atoms with Crippen molar-refractivity contribution in [2.24, 2.45) is 0 Å². The van der Waals surface area contributed by atoms with Gasteiger partial charge in [0.15, 0.2) is 0 Å². The van der Waals surface area contributed by atoms with Crippen molar-refractivity contribution in [3.63, 3.8) is 0 Å². The lowest BCUT2D eigenvalue weighted by atomic mass is 9.87. The first-order chi connectivity index (χ1) is 14.5. The second kappa shape index (κ2) is 7.51. The highest BCUT2D eigenvalue weighted by atomic mass is 32.1. The highest BCUT2D eigenvalue weighted by molar-refractivity contribution is 7.17. The molecule has 0 aliphatic heterocycles. The number of nitrogens with one attached hydrogen (secondary N) is 1. The average molecular weight is 414 g/mol. The maximum atomic E-state index is 4.60. The zero-order valence-electron chi connectivity index (χ0n) is 17.8. The Morgan fingerprint density at radius 1 is 0.900 bits per heavy atom. The van der Waals surface area contributed by atoms with Crippen molar-refractivity contribution >= 4 is 33.1 Å². The van der Waals surface area contributed by atoms with E-state index in [0.717, 1.165) is 21.7 Å². The molecule has 30 heavy (non-hydrogen) atoms. The van der Waals surface area contributed by atoms with E-state index in [9.17, 15) is 0 Å². The Labute approximate surface area is 182 Å². The molecule has 0 bridgehead atoms. The summed E-state index contributed by atoms with van der Waals surface area (Å²) in [5.41, 5.74) is 8.02. The van der Waals surface area contributed by atoms with Crippen LogP contribution >= 0.6 is 11.3 Å². The van der Waals surface area contributed by atoms with E-state index in [4.69, 9.17) is 0 Å². The molecule has 2 aromatic carbocycles. The topological polar surface area (TPSA) is 37.8 Å². The number of thiophene rings is 1. The Balaban J connectivity index is 1.53. The number of nitrogens with zero attached hydrogens (tertiary/aromatic N) is 2. The fourth-order valence-corrected chi connectivity index (χ4v) is 5.19. The molecule has 3 nitrogen and oxygen atoms in total. The van der Waals surface area contributed by atoms with Crippen LogP contribution in [0.5, 0.6) is 0 Å². The van der Waals surface area contributed by atoms with Gasteiger partial charge in [0, 0.05) is 16.6 Å². The maximum Gasteiger partial charge on any atom is 0.143 e. The van der Waals surface area contributed by atoms with Crippen LogP contribution in [-0.4, -0.2) is 9.97 Å². The van der Waals surface area contributed by atoms with E-state index >= 15 is 0 Å². The van der Waals surface area contributed by atoms with Crippen molar-refractivity contribution in [2.45, 2.75) is 51.9 Å². The van der Waals surface area contributed by atoms with Gasteiger partial charge in [-0.3, -0.25) is 0 Å². The van der Waals surface area contributed by atoms with Crippen LogP contribution in [0, 0.1) is 0 Å². The van der Waals surface area contributed by atoms with Gasteiger partial charge < -0.3 is 5.32 Å². The summed E-state index contributed by atoms with van der Waals surface area (Å²) in [4.78, 5) is 10.2. The molecule has 1 aliphatic rings. The van der Waals surface area contributed by atoms with E-state index in [-0.39, 0.29) is 5.41 Å². The molecule has 0 atom stereocenters. The SMILES string of the molecule is CC(C)(C)c1ccc(Nc2ncnc3scc(-c4ccc5c(c4)CCCC5)c23)cc1. The quantitative estimate of drug-likeness (QED) is 0.383. The summed E-state index contributed by atoms with van der Waals surface area (Å²) in [5.74, 6) is 0.873. The Bertz CT molecular complexity index is 1200. The van der Waals surface area contributed by atoms with Crippen LogP contribution in [0.3, 0.4) is 0 Å². The standard InChI is InChI=1S/C26H27N3S/c1-26(2,3)20-10-12-21(13-11-20)29-24-23-22(15-30-25(23)28-16-27-24)19-9-8-17-6-4-5-7-18(17)14-19/h8-16H,4-7H2,1-3H3,(H,27,28,29). The van der Waals surface area contributed by atoms with E-state index in [1.165, 1.54) is 53.5 Å². The zero-order chi connectivity index (χ0) is 20.7. The highest BCUT2D eigenvalue weighted by Crippen LogP contribution is 2.39. The minimum Gasteiger partial charge on any atom is -0.340 e.